The molecule has 4 N–H and O–H groups in total. The number of ketones is 1. The SMILES string of the molecule is C=CC(=O)C(C)CC.CCC(OCc1ncco1)/C(N)=C1/C(=NC2=CCCC=C2)CCN(C(=O)c2cnc(C(F)(F)P)cc2N)C1CC. The van der Waals surface area contributed by atoms with Gasteiger partial charge in [0, 0.05) is 47.7 Å². The summed E-state index contributed by atoms with van der Waals surface area (Å²) < 4.78 is 38.9. The number of amides is 1. The molecular formula is C35H47F2N6O4P. The van der Waals surface area contributed by atoms with Gasteiger partial charge in [0.1, 0.15) is 18.6 Å². The van der Waals surface area contributed by atoms with Crippen LogP contribution in [0.15, 0.2) is 82.0 Å². The lowest BCUT2D eigenvalue weighted by atomic mass is 9.87. The minimum Gasteiger partial charge on any atom is -0.446 e. The standard InChI is InChI=1S/C28H35F2N6O3P.C7H12O/c1-3-21-25(26(32)22(4-2)39-16-24-33-11-13-38-24)20(35-17-8-6-5-7-9-17)10-12-36(21)27(37)18-15-34-23(14-19(18)31)28(29,30)40;1-4-6(3)7(8)5-2/h6,8-9,11,13-15,21-22H,3-5,7,10,12,16,32,40H2,1-2H3,(H2,31,34);5-6H,2,4H2,1,3H3/b26-25+,35-20?;. The van der Waals surface area contributed by atoms with Crippen molar-refractivity contribution in [3.8, 4) is 0 Å². The summed E-state index contributed by atoms with van der Waals surface area (Å²) in [5, 5.41) is 0. The third-order valence-electron chi connectivity index (χ3n) is 8.22. The number of halogens is 2. The first-order valence-corrected chi connectivity index (χ1v) is 16.8. The zero-order chi connectivity index (χ0) is 35.4. The maximum atomic E-state index is 13.8. The smallest absolute Gasteiger partial charge is 0.300 e. The van der Waals surface area contributed by atoms with Gasteiger partial charge >= 0.3 is 0 Å². The van der Waals surface area contributed by atoms with Crippen LogP contribution in [0.25, 0.3) is 0 Å². The molecule has 0 aromatic carbocycles. The van der Waals surface area contributed by atoms with Gasteiger partial charge in [-0.1, -0.05) is 55.7 Å². The maximum Gasteiger partial charge on any atom is 0.300 e. The third kappa shape index (κ3) is 10.00. The summed E-state index contributed by atoms with van der Waals surface area (Å²) in [7, 11) is 1.42. The van der Waals surface area contributed by atoms with Crippen molar-refractivity contribution >= 4 is 32.3 Å². The Kier molecular flexibility index (Phi) is 14.4. The molecule has 2 aromatic heterocycles. The molecule has 4 unspecified atom stereocenters. The van der Waals surface area contributed by atoms with Crippen LogP contribution < -0.4 is 11.5 Å². The van der Waals surface area contributed by atoms with Crippen molar-refractivity contribution in [1.82, 2.24) is 14.9 Å². The molecule has 260 valence electrons. The molecule has 1 amide bonds. The molecule has 2 aliphatic rings. The number of nitrogens with two attached hydrogens (primary N) is 2. The molecule has 1 fully saturated rings. The second kappa shape index (κ2) is 17.9. The van der Waals surface area contributed by atoms with E-state index in [0.29, 0.717) is 37.4 Å². The summed E-state index contributed by atoms with van der Waals surface area (Å²) in [6.45, 7) is 11.7. The highest BCUT2D eigenvalue weighted by Crippen LogP contribution is 2.36. The quantitative estimate of drug-likeness (QED) is 0.182. The number of carbonyl (C=O) groups is 2. The van der Waals surface area contributed by atoms with Gasteiger partial charge in [0.15, 0.2) is 5.78 Å². The Morgan fingerprint density at radius 3 is 2.54 bits per heavy atom. The molecule has 4 rings (SSSR count). The Bertz CT molecular complexity index is 1550. The van der Waals surface area contributed by atoms with Crippen LogP contribution >= 0.6 is 9.24 Å². The van der Waals surface area contributed by atoms with E-state index >= 15 is 0 Å². The molecule has 0 saturated carbocycles. The molecule has 1 aliphatic carbocycles. The number of anilines is 1. The van der Waals surface area contributed by atoms with E-state index in [0.717, 1.165) is 48.5 Å². The van der Waals surface area contributed by atoms with Crippen LogP contribution in [0.2, 0.25) is 0 Å². The number of nitrogens with zero attached hydrogens (tertiary/aromatic N) is 4. The molecule has 1 saturated heterocycles. The summed E-state index contributed by atoms with van der Waals surface area (Å²) >= 11 is 0. The molecule has 4 atom stereocenters. The van der Waals surface area contributed by atoms with Crippen LogP contribution in [0.1, 0.15) is 88.2 Å². The number of carbonyl (C=O) groups excluding carboxylic acids is 2. The number of pyridine rings is 1. The lowest BCUT2D eigenvalue weighted by molar-refractivity contribution is -0.117. The Balaban J connectivity index is 0.000000694. The fraction of sp³-hybridized carbons (Fsp3) is 0.457. The predicted octanol–water partition coefficient (Wildman–Crippen LogP) is 6.87. The predicted molar refractivity (Wildman–Crippen MR) is 187 cm³/mol. The molecule has 3 heterocycles. The van der Waals surface area contributed by atoms with Gasteiger partial charge in [0.05, 0.1) is 29.6 Å². The number of hydrogen-bond donors (Lipinski definition) is 2. The Labute approximate surface area is 283 Å². The van der Waals surface area contributed by atoms with Gasteiger partial charge in [-0.3, -0.25) is 19.6 Å². The number of allylic oxidation sites excluding steroid dienone is 4. The van der Waals surface area contributed by atoms with Gasteiger partial charge in [-0.15, -0.1) is 0 Å². The van der Waals surface area contributed by atoms with E-state index in [2.05, 4.69) is 28.7 Å². The summed E-state index contributed by atoms with van der Waals surface area (Å²) in [4.78, 5) is 38.9. The van der Waals surface area contributed by atoms with Crippen LogP contribution in [-0.4, -0.2) is 51.0 Å². The van der Waals surface area contributed by atoms with Crippen molar-refractivity contribution in [3.05, 3.63) is 89.7 Å². The molecule has 0 spiro atoms. The number of hydrogen-bond acceptors (Lipinski definition) is 9. The highest BCUT2D eigenvalue weighted by molar-refractivity contribution is 7.17. The number of rotatable bonds is 12. The van der Waals surface area contributed by atoms with Crippen molar-refractivity contribution in [2.24, 2.45) is 16.6 Å². The van der Waals surface area contributed by atoms with Crippen molar-refractivity contribution in [2.45, 2.75) is 90.6 Å². The third-order valence-corrected chi connectivity index (χ3v) is 8.52. The summed E-state index contributed by atoms with van der Waals surface area (Å²) in [5.41, 5.74) is 11.9. The topological polar surface area (TPSA) is 150 Å². The minimum atomic E-state index is -3.26. The number of alkyl halides is 2. The first-order valence-electron chi connectivity index (χ1n) is 16.2. The average molecular weight is 685 g/mol. The first kappa shape index (κ1) is 38.4. The maximum absolute atomic E-state index is 13.8. The summed E-state index contributed by atoms with van der Waals surface area (Å²) in [6.07, 6.45) is 15.5. The van der Waals surface area contributed by atoms with Crippen LogP contribution in [0.3, 0.4) is 0 Å². The normalized spacial score (nSPS) is 19.6. The van der Waals surface area contributed by atoms with Gasteiger partial charge < -0.3 is 25.5 Å². The lowest BCUT2D eigenvalue weighted by Gasteiger charge is -2.40. The molecule has 2 aromatic rings. The van der Waals surface area contributed by atoms with Gasteiger partial charge in [-0.2, -0.15) is 8.78 Å². The largest absolute Gasteiger partial charge is 0.446 e. The first-order chi connectivity index (χ1) is 22.9. The Morgan fingerprint density at radius 1 is 1.27 bits per heavy atom. The van der Waals surface area contributed by atoms with E-state index in [-0.39, 0.29) is 29.6 Å². The fourth-order valence-corrected chi connectivity index (χ4v) is 5.49. The minimum absolute atomic E-state index is 0.0554. The number of aliphatic imine (C=N–C) groups is 1. The van der Waals surface area contributed by atoms with Crippen molar-refractivity contribution in [3.63, 3.8) is 0 Å². The van der Waals surface area contributed by atoms with Gasteiger partial charge in [-0.25, -0.2) is 4.98 Å². The zero-order valence-corrected chi connectivity index (χ0v) is 29.3. The van der Waals surface area contributed by atoms with Gasteiger partial charge in [0.25, 0.3) is 11.6 Å². The molecule has 10 nitrogen and oxygen atoms in total. The Morgan fingerprint density at radius 2 is 2.02 bits per heavy atom. The number of ether oxygens (including phenoxy) is 1. The van der Waals surface area contributed by atoms with E-state index in [1.165, 1.54) is 21.6 Å². The lowest BCUT2D eigenvalue weighted by Crippen LogP contribution is -2.49. The second-order valence-electron chi connectivity index (χ2n) is 11.5. The van der Waals surface area contributed by atoms with E-state index in [4.69, 9.17) is 25.6 Å². The summed E-state index contributed by atoms with van der Waals surface area (Å²) in [5.74, 6) is 0.322. The summed E-state index contributed by atoms with van der Waals surface area (Å²) in [6, 6.07) is 0.587. The number of piperidine rings is 1. The molecule has 0 bridgehead atoms. The Hall–Kier alpha value is -4.02. The van der Waals surface area contributed by atoms with E-state index in [1.807, 2.05) is 33.8 Å². The fourth-order valence-electron chi connectivity index (χ4n) is 5.33. The molecule has 1 aliphatic heterocycles. The van der Waals surface area contributed by atoms with Crippen LogP contribution in [0.4, 0.5) is 14.5 Å². The van der Waals surface area contributed by atoms with Crippen molar-refractivity contribution in [1.29, 1.82) is 0 Å². The number of likely N-dealkylation sites (tertiary alicyclic amines) is 1. The molecule has 13 heteroatoms. The highest BCUT2D eigenvalue weighted by atomic mass is 31.0. The number of oxazole rings is 1. The highest BCUT2D eigenvalue weighted by Gasteiger charge is 2.37. The van der Waals surface area contributed by atoms with Crippen LogP contribution in [0.5, 0.6) is 0 Å². The second-order valence-corrected chi connectivity index (χ2v) is 12.3. The van der Waals surface area contributed by atoms with E-state index < -0.39 is 29.4 Å². The molecule has 48 heavy (non-hydrogen) atoms. The average Bonchev–Trinajstić information content (AvgIpc) is 3.61. The number of aromatic nitrogens is 2. The molecule has 0 radical (unpaired) electrons. The van der Waals surface area contributed by atoms with Crippen molar-refractivity contribution in [2.75, 3.05) is 12.3 Å². The van der Waals surface area contributed by atoms with Crippen LogP contribution in [-0.2, 0) is 21.8 Å². The zero-order valence-electron chi connectivity index (χ0n) is 28.1. The van der Waals surface area contributed by atoms with Gasteiger partial charge in [0.2, 0.25) is 5.89 Å². The van der Waals surface area contributed by atoms with Crippen LogP contribution in [0, 0.1) is 5.92 Å². The van der Waals surface area contributed by atoms with E-state index in [1.54, 1.807) is 11.1 Å². The number of nitrogen functional groups attached to an aromatic ring is 1. The molecular weight excluding hydrogens is 637 g/mol. The monoisotopic (exact) mass is 684 g/mol. The van der Waals surface area contributed by atoms with Crippen molar-refractivity contribution < 1.29 is 27.5 Å². The van der Waals surface area contributed by atoms with E-state index in [9.17, 15) is 18.4 Å². The van der Waals surface area contributed by atoms with Gasteiger partial charge in [-0.05, 0) is 50.3 Å².